The largest absolute Gasteiger partial charge is 0.492 e. The second-order valence-electron chi connectivity index (χ2n) is 3.69. The first-order valence-electron chi connectivity index (χ1n) is 5.50. The summed E-state index contributed by atoms with van der Waals surface area (Å²) in [6.07, 6.45) is 5.30. The standard InChI is InChI=1S/C13H14N2O2/c1-3-8-15-9-12(16)14-13-10(15)6-5-7-11(13)17-4-2/h1,5-7H,4,8-9H2,2H3,(H,14,16). The highest BCUT2D eigenvalue weighted by atomic mass is 16.5. The fourth-order valence-electron chi connectivity index (χ4n) is 1.87. The molecule has 88 valence electrons. The van der Waals surface area contributed by atoms with E-state index in [2.05, 4.69) is 11.2 Å². The van der Waals surface area contributed by atoms with E-state index in [-0.39, 0.29) is 12.5 Å². The van der Waals surface area contributed by atoms with Crippen LogP contribution in [0.5, 0.6) is 5.75 Å². The van der Waals surface area contributed by atoms with Crippen molar-refractivity contribution in [2.24, 2.45) is 0 Å². The molecule has 2 rings (SSSR count). The van der Waals surface area contributed by atoms with Gasteiger partial charge in [0, 0.05) is 0 Å². The lowest BCUT2D eigenvalue weighted by Gasteiger charge is -2.30. The summed E-state index contributed by atoms with van der Waals surface area (Å²) >= 11 is 0. The van der Waals surface area contributed by atoms with Crippen molar-refractivity contribution in [3.05, 3.63) is 18.2 Å². The third kappa shape index (κ3) is 2.18. The Labute approximate surface area is 101 Å². The number of rotatable bonds is 3. The first-order chi connectivity index (χ1) is 8.26. The van der Waals surface area contributed by atoms with Crippen LogP contribution in [-0.4, -0.2) is 25.6 Å². The number of nitrogens with one attached hydrogen (secondary N) is 1. The van der Waals surface area contributed by atoms with Crippen LogP contribution in [0.1, 0.15) is 6.92 Å². The molecule has 4 heteroatoms. The minimum Gasteiger partial charge on any atom is -0.492 e. The van der Waals surface area contributed by atoms with E-state index in [0.29, 0.717) is 24.6 Å². The minimum atomic E-state index is -0.0695. The van der Waals surface area contributed by atoms with Gasteiger partial charge in [0.1, 0.15) is 11.4 Å². The summed E-state index contributed by atoms with van der Waals surface area (Å²) in [6.45, 7) is 3.16. The van der Waals surface area contributed by atoms with E-state index in [4.69, 9.17) is 11.2 Å². The Hall–Kier alpha value is -2.15. The van der Waals surface area contributed by atoms with Gasteiger partial charge in [-0.2, -0.15) is 0 Å². The number of ether oxygens (including phenoxy) is 1. The molecule has 0 radical (unpaired) electrons. The molecule has 1 aliphatic rings. The molecule has 0 saturated carbocycles. The normalized spacial score (nSPS) is 13.6. The average molecular weight is 230 g/mol. The van der Waals surface area contributed by atoms with Crippen LogP contribution in [0.15, 0.2) is 18.2 Å². The lowest BCUT2D eigenvalue weighted by atomic mass is 10.1. The summed E-state index contributed by atoms with van der Waals surface area (Å²) < 4.78 is 5.49. The molecule has 0 aromatic heterocycles. The smallest absolute Gasteiger partial charge is 0.244 e. The number of nitrogens with zero attached hydrogens (tertiary/aromatic N) is 1. The van der Waals surface area contributed by atoms with Crippen molar-refractivity contribution >= 4 is 17.3 Å². The van der Waals surface area contributed by atoms with Gasteiger partial charge in [-0.05, 0) is 19.1 Å². The molecule has 0 unspecified atom stereocenters. The third-order valence-corrected chi connectivity index (χ3v) is 2.53. The van der Waals surface area contributed by atoms with E-state index in [1.165, 1.54) is 0 Å². The van der Waals surface area contributed by atoms with Gasteiger partial charge < -0.3 is 15.0 Å². The van der Waals surface area contributed by atoms with Crippen LogP contribution in [-0.2, 0) is 4.79 Å². The van der Waals surface area contributed by atoms with Crippen molar-refractivity contribution in [1.29, 1.82) is 0 Å². The van der Waals surface area contributed by atoms with Crippen LogP contribution < -0.4 is 15.0 Å². The lowest BCUT2D eigenvalue weighted by molar-refractivity contribution is -0.115. The van der Waals surface area contributed by atoms with Crippen molar-refractivity contribution in [3.63, 3.8) is 0 Å². The van der Waals surface area contributed by atoms with Gasteiger partial charge in [-0.15, -0.1) is 6.42 Å². The van der Waals surface area contributed by atoms with Crippen LogP contribution in [0.4, 0.5) is 11.4 Å². The number of amides is 1. The molecule has 0 aliphatic carbocycles. The molecule has 1 N–H and O–H groups in total. The van der Waals surface area contributed by atoms with Gasteiger partial charge in [0.2, 0.25) is 5.91 Å². The molecule has 0 bridgehead atoms. The predicted octanol–water partition coefficient (Wildman–Crippen LogP) is 1.48. The number of para-hydroxylation sites is 1. The van der Waals surface area contributed by atoms with E-state index in [1.807, 2.05) is 30.0 Å². The second-order valence-corrected chi connectivity index (χ2v) is 3.69. The highest BCUT2D eigenvalue weighted by Crippen LogP contribution is 2.37. The average Bonchev–Trinajstić information content (AvgIpc) is 2.31. The minimum absolute atomic E-state index is 0.0695. The number of fused-ring (bicyclic) bond motifs is 1. The molecule has 1 amide bonds. The maximum Gasteiger partial charge on any atom is 0.244 e. The van der Waals surface area contributed by atoms with Crippen molar-refractivity contribution in [2.45, 2.75) is 6.92 Å². The number of carbonyl (C=O) groups is 1. The Morgan fingerprint density at radius 2 is 2.41 bits per heavy atom. The first-order valence-corrected chi connectivity index (χ1v) is 5.50. The highest BCUT2D eigenvalue weighted by molar-refractivity contribution is 6.03. The Bertz CT molecular complexity index is 477. The molecule has 4 nitrogen and oxygen atoms in total. The van der Waals surface area contributed by atoms with Crippen molar-refractivity contribution in [3.8, 4) is 18.1 Å². The molecule has 0 fully saturated rings. The summed E-state index contributed by atoms with van der Waals surface area (Å²) in [5.41, 5.74) is 1.62. The first kappa shape index (κ1) is 11.3. The number of benzene rings is 1. The lowest BCUT2D eigenvalue weighted by Crippen LogP contribution is -2.38. The maximum atomic E-state index is 11.6. The Kier molecular flexibility index (Phi) is 3.20. The van der Waals surface area contributed by atoms with E-state index < -0.39 is 0 Å². The number of hydrogen-bond acceptors (Lipinski definition) is 3. The van der Waals surface area contributed by atoms with Crippen molar-refractivity contribution in [1.82, 2.24) is 0 Å². The predicted molar refractivity (Wildman–Crippen MR) is 67.3 cm³/mol. The van der Waals surface area contributed by atoms with Crippen molar-refractivity contribution < 1.29 is 9.53 Å². The zero-order valence-electron chi connectivity index (χ0n) is 9.69. The molecule has 1 heterocycles. The molecule has 0 saturated heterocycles. The van der Waals surface area contributed by atoms with Crippen molar-refractivity contribution in [2.75, 3.05) is 29.9 Å². The monoisotopic (exact) mass is 230 g/mol. The molecule has 1 aromatic carbocycles. The van der Waals surface area contributed by atoms with E-state index in [9.17, 15) is 4.79 Å². The Morgan fingerprint density at radius 1 is 1.59 bits per heavy atom. The zero-order chi connectivity index (χ0) is 12.3. The molecular formula is C13H14N2O2. The fraction of sp³-hybridized carbons (Fsp3) is 0.308. The van der Waals surface area contributed by atoms with Crippen LogP contribution in [0, 0.1) is 12.3 Å². The highest BCUT2D eigenvalue weighted by Gasteiger charge is 2.23. The zero-order valence-corrected chi connectivity index (χ0v) is 9.69. The van der Waals surface area contributed by atoms with Crippen LogP contribution in [0.2, 0.25) is 0 Å². The molecular weight excluding hydrogens is 216 g/mol. The second kappa shape index (κ2) is 4.79. The number of carbonyl (C=O) groups excluding carboxylic acids is 1. The molecule has 1 aromatic rings. The van der Waals surface area contributed by atoms with Crippen LogP contribution in [0.25, 0.3) is 0 Å². The van der Waals surface area contributed by atoms with Crippen LogP contribution in [0.3, 0.4) is 0 Å². The van der Waals surface area contributed by atoms with Gasteiger partial charge in [0.05, 0.1) is 25.4 Å². The molecule has 0 atom stereocenters. The summed E-state index contributed by atoms with van der Waals surface area (Å²) in [4.78, 5) is 13.4. The van der Waals surface area contributed by atoms with Gasteiger partial charge in [-0.3, -0.25) is 4.79 Å². The Morgan fingerprint density at radius 3 is 3.12 bits per heavy atom. The number of hydrogen-bond donors (Lipinski definition) is 1. The SMILES string of the molecule is C#CCN1CC(=O)Nc2c(OCC)cccc21. The van der Waals surface area contributed by atoms with Gasteiger partial charge in [-0.1, -0.05) is 12.0 Å². The molecule has 17 heavy (non-hydrogen) atoms. The topological polar surface area (TPSA) is 41.6 Å². The van der Waals surface area contributed by atoms with E-state index >= 15 is 0 Å². The Balaban J connectivity index is 2.42. The number of terminal acetylenes is 1. The van der Waals surface area contributed by atoms with Gasteiger partial charge in [0.25, 0.3) is 0 Å². The van der Waals surface area contributed by atoms with Gasteiger partial charge in [0.15, 0.2) is 0 Å². The summed E-state index contributed by atoms with van der Waals surface area (Å²) in [5.74, 6) is 3.17. The third-order valence-electron chi connectivity index (χ3n) is 2.53. The molecule has 1 aliphatic heterocycles. The summed E-state index contributed by atoms with van der Waals surface area (Å²) in [5, 5.41) is 2.83. The van der Waals surface area contributed by atoms with Crippen LogP contribution >= 0.6 is 0 Å². The van der Waals surface area contributed by atoms with Gasteiger partial charge in [-0.25, -0.2) is 0 Å². The molecule has 0 spiro atoms. The van der Waals surface area contributed by atoms with Gasteiger partial charge >= 0.3 is 0 Å². The summed E-state index contributed by atoms with van der Waals surface area (Å²) in [6, 6.07) is 5.65. The quantitative estimate of drug-likeness (QED) is 0.800. The maximum absolute atomic E-state index is 11.6. The van der Waals surface area contributed by atoms with E-state index in [1.54, 1.807) is 0 Å². The summed E-state index contributed by atoms with van der Waals surface area (Å²) in [7, 11) is 0. The fourth-order valence-corrected chi connectivity index (χ4v) is 1.87. The van der Waals surface area contributed by atoms with E-state index in [0.717, 1.165) is 5.69 Å². The number of anilines is 2.